The number of hydrogen-bond donors (Lipinski definition) is 2. The maximum absolute atomic E-state index is 10.7. The second-order valence-electron chi connectivity index (χ2n) is 3.39. The van der Waals surface area contributed by atoms with E-state index in [0.29, 0.717) is 25.3 Å². The third-order valence-electron chi connectivity index (χ3n) is 2.07. The first-order valence-electron chi connectivity index (χ1n) is 5.34. The van der Waals surface area contributed by atoms with Gasteiger partial charge in [-0.25, -0.2) is 4.79 Å². The minimum absolute atomic E-state index is 0.225. The van der Waals surface area contributed by atoms with E-state index in [1.54, 1.807) is 12.1 Å². The summed E-state index contributed by atoms with van der Waals surface area (Å²) in [6.45, 7) is 1.92. The highest BCUT2D eigenvalue weighted by Gasteiger charge is 2.03. The van der Waals surface area contributed by atoms with Crippen molar-refractivity contribution in [3.05, 3.63) is 29.8 Å². The first kappa shape index (κ1) is 13.1. The van der Waals surface area contributed by atoms with E-state index in [9.17, 15) is 4.79 Å². The Labute approximate surface area is 101 Å². The summed E-state index contributed by atoms with van der Waals surface area (Å²) in [5.74, 6) is 2.13. The predicted molar refractivity (Wildman–Crippen MR) is 65.2 cm³/mol. The van der Waals surface area contributed by atoms with Gasteiger partial charge in [0.15, 0.2) is 0 Å². The summed E-state index contributed by atoms with van der Waals surface area (Å²) in [7, 11) is 0. The van der Waals surface area contributed by atoms with Gasteiger partial charge in [0, 0.05) is 19.5 Å². The topological polar surface area (TPSA) is 58.6 Å². The molecule has 2 N–H and O–H groups in total. The second kappa shape index (κ2) is 7.31. The lowest BCUT2D eigenvalue weighted by Gasteiger charge is -2.07. The van der Waals surface area contributed by atoms with Crippen molar-refractivity contribution < 1.29 is 14.6 Å². The van der Waals surface area contributed by atoms with Crippen LogP contribution in [-0.2, 0) is 0 Å². The van der Waals surface area contributed by atoms with E-state index in [1.807, 2.05) is 0 Å². The Morgan fingerprint density at radius 3 is 3.00 bits per heavy atom. The molecule has 0 aromatic heterocycles. The molecule has 0 atom stereocenters. The maximum Gasteiger partial charge on any atom is 0.335 e. The van der Waals surface area contributed by atoms with Crippen molar-refractivity contribution in [1.82, 2.24) is 5.32 Å². The summed E-state index contributed by atoms with van der Waals surface area (Å²) in [5.41, 5.74) is 0.225. The molecular weight excluding hydrogens is 218 g/mol. The van der Waals surface area contributed by atoms with Crippen molar-refractivity contribution in [2.24, 2.45) is 0 Å². The quantitative estimate of drug-likeness (QED) is 0.551. The highest BCUT2D eigenvalue weighted by atomic mass is 16.5. The molecule has 0 aliphatic heterocycles. The van der Waals surface area contributed by atoms with Crippen LogP contribution in [0.1, 0.15) is 16.8 Å². The highest BCUT2D eigenvalue weighted by molar-refractivity contribution is 5.87. The lowest BCUT2D eigenvalue weighted by atomic mass is 10.2. The molecule has 0 fully saturated rings. The molecule has 0 saturated heterocycles. The minimum Gasteiger partial charge on any atom is -0.492 e. The molecule has 90 valence electrons. The van der Waals surface area contributed by atoms with E-state index in [4.69, 9.17) is 16.3 Å². The summed E-state index contributed by atoms with van der Waals surface area (Å²) in [4.78, 5) is 10.7. The Balaban J connectivity index is 2.30. The second-order valence-corrected chi connectivity index (χ2v) is 3.39. The molecule has 17 heavy (non-hydrogen) atoms. The number of terminal acetylenes is 1. The Morgan fingerprint density at radius 2 is 2.29 bits per heavy atom. The third-order valence-corrected chi connectivity index (χ3v) is 2.07. The monoisotopic (exact) mass is 233 g/mol. The van der Waals surface area contributed by atoms with Gasteiger partial charge in [-0.2, -0.15) is 0 Å². The Morgan fingerprint density at radius 1 is 1.47 bits per heavy atom. The van der Waals surface area contributed by atoms with Crippen LogP contribution in [-0.4, -0.2) is 30.8 Å². The van der Waals surface area contributed by atoms with Gasteiger partial charge < -0.3 is 15.2 Å². The zero-order chi connectivity index (χ0) is 12.5. The molecule has 1 aromatic carbocycles. The molecule has 4 nitrogen and oxygen atoms in total. The third kappa shape index (κ3) is 5.05. The van der Waals surface area contributed by atoms with Crippen LogP contribution in [0.5, 0.6) is 5.75 Å². The molecule has 0 aliphatic carbocycles. The van der Waals surface area contributed by atoms with Crippen LogP contribution in [0.3, 0.4) is 0 Å². The highest BCUT2D eigenvalue weighted by Crippen LogP contribution is 2.12. The Bertz CT molecular complexity index is 409. The SMILES string of the molecule is C#CCCNCCOc1cccc(C(=O)O)c1. The summed E-state index contributed by atoms with van der Waals surface area (Å²) in [6.07, 6.45) is 5.79. The van der Waals surface area contributed by atoms with Gasteiger partial charge in [0.25, 0.3) is 0 Å². The molecule has 0 bridgehead atoms. The molecule has 1 aromatic rings. The number of benzene rings is 1. The average Bonchev–Trinajstić information content (AvgIpc) is 2.34. The Kier molecular flexibility index (Phi) is 5.62. The van der Waals surface area contributed by atoms with Crippen LogP contribution in [0.15, 0.2) is 24.3 Å². The largest absolute Gasteiger partial charge is 0.492 e. The predicted octanol–water partition coefficient (Wildman–Crippen LogP) is 1.38. The number of nitrogens with one attached hydrogen (secondary N) is 1. The van der Waals surface area contributed by atoms with Gasteiger partial charge in [-0.1, -0.05) is 6.07 Å². The number of ether oxygens (including phenoxy) is 1. The van der Waals surface area contributed by atoms with Crippen LogP contribution in [0, 0.1) is 12.3 Å². The summed E-state index contributed by atoms with van der Waals surface area (Å²) in [5, 5.41) is 11.9. The first-order chi connectivity index (χ1) is 8.24. The average molecular weight is 233 g/mol. The van der Waals surface area contributed by atoms with E-state index < -0.39 is 5.97 Å². The van der Waals surface area contributed by atoms with Crippen molar-refractivity contribution in [2.75, 3.05) is 19.7 Å². The van der Waals surface area contributed by atoms with E-state index >= 15 is 0 Å². The lowest BCUT2D eigenvalue weighted by molar-refractivity contribution is 0.0696. The number of carboxylic acid groups (broad SMARTS) is 1. The summed E-state index contributed by atoms with van der Waals surface area (Å²) >= 11 is 0. The molecule has 0 aliphatic rings. The van der Waals surface area contributed by atoms with Gasteiger partial charge in [-0.3, -0.25) is 0 Å². The first-order valence-corrected chi connectivity index (χ1v) is 5.34. The van der Waals surface area contributed by atoms with Gasteiger partial charge in [-0.15, -0.1) is 12.3 Å². The zero-order valence-corrected chi connectivity index (χ0v) is 9.48. The van der Waals surface area contributed by atoms with Gasteiger partial charge in [0.1, 0.15) is 12.4 Å². The number of rotatable bonds is 7. The molecule has 0 spiro atoms. The maximum atomic E-state index is 10.7. The standard InChI is InChI=1S/C13H15NO3/c1-2-3-7-14-8-9-17-12-6-4-5-11(10-12)13(15)16/h1,4-6,10,14H,3,7-9H2,(H,15,16). The fourth-order valence-electron chi connectivity index (χ4n) is 1.25. The fourth-order valence-corrected chi connectivity index (χ4v) is 1.25. The molecule has 1 rings (SSSR count). The summed E-state index contributed by atoms with van der Waals surface area (Å²) < 4.78 is 5.40. The van der Waals surface area contributed by atoms with Gasteiger partial charge in [0.05, 0.1) is 5.56 Å². The molecule has 0 amide bonds. The van der Waals surface area contributed by atoms with Crippen LogP contribution in [0.4, 0.5) is 0 Å². The normalized spacial score (nSPS) is 9.59. The van der Waals surface area contributed by atoms with E-state index in [0.717, 1.165) is 6.54 Å². The van der Waals surface area contributed by atoms with Gasteiger partial charge in [-0.05, 0) is 18.2 Å². The number of hydrogen-bond acceptors (Lipinski definition) is 3. The zero-order valence-electron chi connectivity index (χ0n) is 9.48. The van der Waals surface area contributed by atoms with Crippen molar-refractivity contribution in [2.45, 2.75) is 6.42 Å². The van der Waals surface area contributed by atoms with Crippen LogP contribution in [0.2, 0.25) is 0 Å². The molecule has 0 heterocycles. The van der Waals surface area contributed by atoms with E-state index in [2.05, 4.69) is 11.2 Å². The lowest BCUT2D eigenvalue weighted by Crippen LogP contribution is -2.21. The number of carbonyl (C=O) groups is 1. The molecule has 0 radical (unpaired) electrons. The molecule has 0 saturated carbocycles. The van der Waals surface area contributed by atoms with Crippen molar-refractivity contribution in [3.8, 4) is 18.1 Å². The molecule has 4 heteroatoms. The van der Waals surface area contributed by atoms with Crippen molar-refractivity contribution >= 4 is 5.97 Å². The van der Waals surface area contributed by atoms with E-state index in [-0.39, 0.29) is 5.56 Å². The van der Waals surface area contributed by atoms with Crippen molar-refractivity contribution in [3.63, 3.8) is 0 Å². The van der Waals surface area contributed by atoms with Gasteiger partial charge in [0.2, 0.25) is 0 Å². The van der Waals surface area contributed by atoms with Gasteiger partial charge >= 0.3 is 5.97 Å². The molecule has 0 unspecified atom stereocenters. The minimum atomic E-state index is -0.956. The number of carboxylic acids is 1. The fraction of sp³-hybridized carbons (Fsp3) is 0.308. The van der Waals surface area contributed by atoms with Crippen molar-refractivity contribution in [1.29, 1.82) is 0 Å². The van der Waals surface area contributed by atoms with Crippen LogP contribution in [0.25, 0.3) is 0 Å². The molecular formula is C13H15NO3. The smallest absolute Gasteiger partial charge is 0.335 e. The summed E-state index contributed by atoms with van der Waals surface area (Å²) in [6, 6.07) is 6.42. The van der Waals surface area contributed by atoms with Crippen LogP contribution < -0.4 is 10.1 Å². The van der Waals surface area contributed by atoms with Crippen LogP contribution >= 0.6 is 0 Å². The Hall–Kier alpha value is -1.99. The number of aromatic carboxylic acids is 1. The van der Waals surface area contributed by atoms with E-state index in [1.165, 1.54) is 12.1 Å².